The Morgan fingerprint density at radius 2 is 2.28 bits per heavy atom. The Labute approximate surface area is 105 Å². The monoisotopic (exact) mass is 254 g/mol. The number of aromatic nitrogens is 3. The summed E-state index contributed by atoms with van der Waals surface area (Å²) in [5.41, 5.74) is -0.532. The molecular weight excluding hydrogens is 236 g/mol. The normalized spacial score (nSPS) is 23.7. The third-order valence-corrected chi connectivity index (χ3v) is 2.82. The Hall–Kier alpha value is -1.63. The molecule has 0 spiro atoms. The van der Waals surface area contributed by atoms with Crippen LogP contribution in [0.2, 0.25) is 0 Å². The van der Waals surface area contributed by atoms with E-state index in [1.807, 2.05) is 20.8 Å². The number of hydrogen-bond acceptors (Lipinski definition) is 5. The Kier molecular flexibility index (Phi) is 3.25. The van der Waals surface area contributed by atoms with Gasteiger partial charge in [-0.15, -0.1) is 0 Å². The molecule has 7 nitrogen and oxygen atoms in total. The number of aliphatic hydroxyl groups is 1. The van der Waals surface area contributed by atoms with Gasteiger partial charge in [0, 0.05) is 6.54 Å². The summed E-state index contributed by atoms with van der Waals surface area (Å²) in [6, 6.07) is -0.341. The molecule has 100 valence electrons. The van der Waals surface area contributed by atoms with Crippen LogP contribution in [-0.4, -0.2) is 55.7 Å². The first-order chi connectivity index (χ1) is 8.42. The second kappa shape index (κ2) is 4.56. The lowest BCUT2D eigenvalue weighted by Gasteiger charge is -2.46. The molecule has 1 amide bonds. The lowest BCUT2D eigenvalue weighted by atomic mass is 9.98. The first kappa shape index (κ1) is 12.8. The second-order valence-corrected chi connectivity index (χ2v) is 5.33. The lowest BCUT2D eigenvalue weighted by Crippen LogP contribution is -2.61. The van der Waals surface area contributed by atoms with E-state index in [2.05, 4.69) is 10.1 Å². The second-order valence-electron chi connectivity index (χ2n) is 5.33. The summed E-state index contributed by atoms with van der Waals surface area (Å²) in [5, 5.41) is 13.4. The zero-order chi connectivity index (χ0) is 13.3. The van der Waals surface area contributed by atoms with E-state index >= 15 is 0 Å². The molecule has 1 aromatic heterocycles. The number of nitrogens with zero attached hydrogens (tertiary/aromatic N) is 4. The van der Waals surface area contributed by atoms with Gasteiger partial charge in [0.2, 0.25) is 0 Å². The van der Waals surface area contributed by atoms with E-state index in [1.54, 1.807) is 11.0 Å². The Balaban J connectivity index is 1.99. The van der Waals surface area contributed by atoms with Gasteiger partial charge in [-0.25, -0.2) is 14.5 Å². The van der Waals surface area contributed by atoms with Gasteiger partial charge in [0.15, 0.2) is 0 Å². The van der Waals surface area contributed by atoms with Gasteiger partial charge in [-0.1, -0.05) is 0 Å². The first-order valence-electron chi connectivity index (χ1n) is 5.87. The molecular formula is C11H18N4O3. The van der Waals surface area contributed by atoms with Crippen LogP contribution >= 0.6 is 0 Å². The largest absolute Gasteiger partial charge is 0.444 e. The third kappa shape index (κ3) is 2.45. The highest BCUT2D eigenvalue weighted by molar-refractivity contribution is 5.70. The topological polar surface area (TPSA) is 80.5 Å². The number of aliphatic hydroxyl groups excluding tert-OH is 1. The predicted octanol–water partition coefficient (Wildman–Crippen LogP) is 0.431. The third-order valence-electron chi connectivity index (χ3n) is 2.82. The van der Waals surface area contributed by atoms with Crippen LogP contribution in [0.3, 0.4) is 0 Å². The van der Waals surface area contributed by atoms with Crippen LogP contribution in [0.5, 0.6) is 0 Å². The smallest absolute Gasteiger partial charge is 0.410 e. The molecule has 1 N–H and O–H groups in total. The van der Waals surface area contributed by atoms with E-state index in [9.17, 15) is 9.90 Å². The minimum absolute atomic E-state index is 0.0370. The molecule has 0 saturated carbocycles. The maximum atomic E-state index is 11.9. The summed E-state index contributed by atoms with van der Waals surface area (Å²) in [6.07, 6.45) is 2.61. The minimum atomic E-state index is -0.532. The van der Waals surface area contributed by atoms with Crippen LogP contribution in [0.15, 0.2) is 12.7 Å². The molecule has 18 heavy (non-hydrogen) atoms. The summed E-state index contributed by atoms with van der Waals surface area (Å²) in [7, 11) is 0. The van der Waals surface area contributed by atoms with Crippen LogP contribution in [0.25, 0.3) is 0 Å². The first-order valence-corrected chi connectivity index (χ1v) is 5.87. The Morgan fingerprint density at radius 1 is 1.56 bits per heavy atom. The Bertz CT molecular complexity index is 412. The molecule has 0 unspecified atom stereocenters. The van der Waals surface area contributed by atoms with Gasteiger partial charge in [0.1, 0.15) is 18.3 Å². The van der Waals surface area contributed by atoms with Gasteiger partial charge in [0.25, 0.3) is 0 Å². The van der Waals surface area contributed by atoms with Crippen molar-refractivity contribution >= 4 is 6.09 Å². The predicted molar refractivity (Wildman–Crippen MR) is 62.9 cm³/mol. The van der Waals surface area contributed by atoms with Crippen LogP contribution < -0.4 is 0 Å². The molecule has 1 aliphatic heterocycles. The fraction of sp³-hybridized carbons (Fsp3) is 0.727. The van der Waals surface area contributed by atoms with E-state index in [0.29, 0.717) is 6.54 Å². The zero-order valence-corrected chi connectivity index (χ0v) is 10.8. The molecule has 2 rings (SSSR count). The molecule has 0 bridgehead atoms. The SMILES string of the molecule is CC(C)(C)OC(=O)N1C[C@@H](n2cncn2)[C@H]1CO. The number of rotatable bonds is 2. The standard InChI is InChI=1S/C11H18N4O3/c1-11(2,3)18-10(17)14-4-8(9(14)5-16)15-7-12-6-13-15/h6-9,16H,4-5H2,1-3H3/t8-,9-/m1/s1. The minimum Gasteiger partial charge on any atom is -0.444 e. The highest BCUT2D eigenvalue weighted by Gasteiger charge is 2.44. The summed E-state index contributed by atoms with van der Waals surface area (Å²) < 4.78 is 6.92. The van der Waals surface area contributed by atoms with Gasteiger partial charge in [-0.2, -0.15) is 5.10 Å². The molecule has 2 atom stereocenters. The molecule has 1 saturated heterocycles. The van der Waals surface area contributed by atoms with Crippen molar-refractivity contribution in [1.29, 1.82) is 0 Å². The number of carbonyl (C=O) groups is 1. The summed E-state index contributed by atoms with van der Waals surface area (Å²) in [6.45, 7) is 5.79. The highest BCUT2D eigenvalue weighted by Crippen LogP contribution is 2.29. The van der Waals surface area contributed by atoms with Crippen LogP contribution in [0.4, 0.5) is 4.79 Å². The van der Waals surface area contributed by atoms with Crippen molar-refractivity contribution in [3.8, 4) is 0 Å². The maximum Gasteiger partial charge on any atom is 0.410 e. The molecule has 2 heterocycles. The average Bonchev–Trinajstić information content (AvgIpc) is 2.67. The van der Waals surface area contributed by atoms with Gasteiger partial charge in [-0.05, 0) is 20.8 Å². The summed E-state index contributed by atoms with van der Waals surface area (Å²) in [5.74, 6) is 0. The highest BCUT2D eigenvalue weighted by atomic mass is 16.6. The van der Waals surface area contributed by atoms with Crippen molar-refractivity contribution in [2.45, 2.75) is 38.5 Å². The van der Waals surface area contributed by atoms with Gasteiger partial charge in [-0.3, -0.25) is 4.90 Å². The van der Waals surface area contributed by atoms with Crippen molar-refractivity contribution in [1.82, 2.24) is 19.7 Å². The molecule has 1 fully saturated rings. The van der Waals surface area contributed by atoms with E-state index in [0.717, 1.165) is 0 Å². The average molecular weight is 254 g/mol. The molecule has 0 radical (unpaired) electrons. The Morgan fingerprint density at radius 3 is 2.78 bits per heavy atom. The molecule has 0 aliphatic carbocycles. The quantitative estimate of drug-likeness (QED) is 0.827. The summed E-state index contributed by atoms with van der Waals surface area (Å²) >= 11 is 0. The number of hydrogen-bond donors (Lipinski definition) is 1. The van der Waals surface area contributed by atoms with Crippen LogP contribution in [0.1, 0.15) is 26.8 Å². The van der Waals surface area contributed by atoms with Crippen molar-refractivity contribution in [2.75, 3.05) is 13.2 Å². The number of likely N-dealkylation sites (tertiary alicyclic amines) is 1. The number of ether oxygens (including phenoxy) is 1. The van der Waals surface area contributed by atoms with E-state index in [4.69, 9.17) is 4.74 Å². The van der Waals surface area contributed by atoms with Crippen molar-refractivity contribution < 1.29 is 14.6 Å². The van der Waals surface area contributed by atoms with Gasteiger partial charge < -0.3 is 9.84 Å². The lowest BCUT2D eigenvalue weighted by molar-refractivity contribution is -0.0439. The fourth-order valence-corrected chi connectivity index (χ4v) is 1.93. The van der Waals surface area contributed by atoms with Gasteiger partial charge in [0.05, 0.1) is 18.7 Å². The molecule has 0 aromatic carbocycles. The molecule has 1 aromatic rings. The van der Waals surface area contributed by atoms with Crippen molar-refractivity contribution in [3.05, 3.63) is 12.7 Å². The summed E-state index contributed by atoms with van der Waals surface area (Å²) in [4.78, 5) is 17.2. The maximum absolute atomic E-state index is 11.9. The van der Waals surface area contributed by atoms with E-state index in [1.165, 1.54) is 11.2 Å². The van der Waals surface area contributed by atoms with E-state index in [-0.39, 0.29) is 18.7 Å². The van der Waals surface area contributed by atoms with Crippen molar-refractivity contribution in [2.24, 2.45) is 0 Å². The zero-order valence-electron chi connectivity index (χ0n) is 10.8. The van der Waals surface area contributed by atoms with Crippen LogP contribution in [0, 0.1) is 0 Å². The molecule has 7 heteroatoms. The van der Waals surface area contributed by atoms with Gasteiger partial charge >= 0.3 is 6.09 Å². The number of carbonyl (C=O) groups excluding carboxylic acids is 1. The van der Waals surface area contributed by atoms with E-state index < -0.39 is 11.7 Å². The van der Waals surface area contributed by atoms with Crippen molar-refractivity contribution in [3.63, 3.8) is 0 Å². The molecule has 1 aliphatic rings. The fourth-order valence-electron chi connectivity index (χ4n) is 1.93. The van der Waals surface area contributed by atoms with Crippen LogP contribution in [-0.2, 0) is 4.74 Å². The number of amides is 1.